The highest BCUT2D eigenvalue weighted by atomic mass is 32.2. The van der Waals surface area contributed by atoms with Gasteiger partial charge in [0.2, 0.25) is 5.91 Å². The lowest BCUT2D eigenvalue weighted by molar-refractivity contribution is -0.121. The van der Waals surface area contributed by atoms with Crippen LogP contribution in [0.15, 0.2) is 0 Å². The van der Waals surface area contributed by atoms with Gasteiger partial charge in [0.25, 0.3) is 5.24 Å². The van der Waals surface area contributed by atoms with Crippen molar-refractivity contribution in [2.45, 2.75) is 45.8 Å². The van der Waals surface area contributed by atoms with Crippen LogP contribution in [0.4, 0.5) is 4.79 Å². The highest BCUT2D eigenvalue weighted by Crippen LogP contribution is 2.32. The monoisotopic (exact) mass is 317 g/mol. The van der Waals surface area contributed by atoms with E-state index in [1.807, 2.05) is 20.8 Å². The molecule has 1 aliphatic rings. The molecule has 7 heteroatoms. The zero-order valence-electron chi connectivity index (χ0n) is 12.7. The number of nitrogens with zero attached hydrogens (tertiary/aromatic N) is 1. The van der Waals surface area contributed by atoms with Gasteiger partial charge < -0.3 is 0 Å². The zero-order valence-corrected chi connectivity index (χ0v) is 14.3. The second-order valence-corrected chi connectivity index (χ2v) is 9.01. The first-order valence-electron chi connectivity index (χ1n) is 6.59. The van der Waals surface area contributed by atoms with Gasteiger partial charge in [0.15, 0.2) is 0 Å². The first-order chi connectivity index (χ1) is 9.02. The quantitative estimate of drug-likeness (QED) is 0.475. The molecule has 0 radical (unpaired) electrons. The maximum atomic E-state index is 12.1. The van der Waals surface area contributed by atoms with Crippen LogP contribution in [-0.2, 0) is 4.79 Å². The van der Waals surface area contributed by atoms with Crippen LogP contribution < -0.4 is 5.32 Å². The lowest BCUT2D eigenvalue weighted by Gasteiger charge is -2.35. The summed E-state index contributed by atoms with van der Waals surface area (Å²) in [5.74, 6) is -0.311. The number of imide groups is 1. The number of nitrogens with one attached hydrogen (secondary N) is 2. The van der Waals surface area contributed by atoms with Crippen LogP contribution in [0.5, 0.6) is 0 Å². The minimum Gasteiger partial charge on any atom is -0.297 e. The highest BCUT2D eigenvalue weighted by Gasteiger charge is 2.34. The molecule has 2 N–H and O–H groups in total. The van der Waals surface area contributed by atoms with Crippen molar-refractivity contribution in [1.82, 2.24) is 9.62 Å². The van der Waals surface area contributed by atoms with Crippen molar-refractivity contribution >= 4 is 39.9 Å². The lowest BCUT2D eigenvalue weighted by Crippen LogP contribution is -2.46. The molecule has 0 atom stereocenters. The third-order valence-corrected chi connectivity index (χ3v) is 5.18. The molecule has 1 heterocycles. The number of carbonyl (C=O) groups excluding carboxylic acids is 2. The predicted octanol–water partition coefficient (Wildman–Crippen LogP) is 3.11. The van der Waals surface area contributed by atoms with Crippen LogP contribution in [0, 0.1) is 10.8 Å². The first-order valence-corrected chi connectivity index (χ1v) is 8.18. The molecule has 0 aromatic carbocycles. The normalized spacial score (nSPS) is 16.4. The van der Waals surface area contributed by atoms with Crippen molar-refractivity contribution in [1.29, 1.82) is 5.41 Å². The fraction of sp³-hybridized carbons (Fsp3) is 0.769. The molecule has 5 nitrogen and oxygen atoms in total. The van der Waals surface area contributed by atoms with Crippen LogP contribution in [0.2, 0.25) is 0 Å². The van der Waals surface area contributed by atoms with Gasteiger partial charge in [0.1, 0.15) is 4.75 Å². The summed E-state index contributed by atoms with van der Waals surface area (Å²) < 4.78 is 1.44. The van der Waals surface area contributed by atoms with Crippen LogP contribution in [0.3, 0.4) is 0 Å². The summed E-state index contributed by atoms with van der Waals surface area (Å²) in [4.78, 5) is 23.9. The Hall–Kier alpha value is -0.530. The molecule has 2 amide bonds. The number of thioether (sulfide) groups is 1. The summed E-state index contributed by atoms with van der Waals surface area (Å²) in [6.45, 7) is 11.2. The third kappa shape index (κ3) is 5.10. The molecule has 1 saturated heterocycles. The Kier molecular flexibility index (Phi) is 5.69. The van der Waals surface area contributed by atoms with E-state index in [9.17, 15) is 9.59 Å². The average Bonchev–Trinajstić information content (AvgIpc) is 2.22. The number of hydrogen-bond acceptors (Lipinski definition) is 6. The Morgan fingerprint density at radius 3 is 2.10 bits per heavy atom. The van der Waals surface area contributed by atoms with Gasteiger partial charge in [-0.2, -0.15) is 0 Å². The van der Waals surface area contributed by atoms with Crippen molar-refractivity contribution in [2.75, 3.05) is 13.1 Å². The molecule has 1 aliphatic heterocycles. The molecule has 0 aromatic heterocycles. The Morgan fingerprint density at radius 2 is 1.70 bits per heavy atom. The van der Waals surface area contributed by atoms with E-state index in [0.29, 0.717) is 0 Å². The molecular formula is C13H23N3O2S2. The summed E-state index contributed by atoms with van der Waals surface area (Å²) in [6.07, 6.45) is 1.15. The van der Waals surface area contributed by atoms with E-state index in [1.165, 1.54) is 11.9 Å². The standard InChI is InChI=1S/C13H23N3O2S2/c1-12(2,3)9(14)19-11(18)15-10(17)13(4,5)20-16-7-6-8-16/h14H,6-8H2,1-5H3,(H,15,17,18). The minimum absolute atomic E-state index is 0.246. The summed E-state index contributed by atoms with van der Waals surface area (Å²) in [6, 6.07) is 0. The van der Waals surface area contributed by atoms with Gasteiger partial charge in [0, 0.05) is 18.5 Å². The highest BCUT2D eigenvalue weighted by molar-refractivity contribution is 8.26. The van der Waals surface area contributed by atoms with Crippen molar-refractivity contribution < 1.29 is 9.59 Å². The molecule has 0 unspecified atom stereocenters. The summed E-state index contributed by atoms with van der Waals surface area (Å²) in [5, 5.41) is 9.94. The Bertz CT molecular complexity index is 412. The van der Waals surface area contributed by atoms with Gasteiger partial charge in [-0.25, -0.2) is 4.31 Å². The molecule has 20 heavy (non-hydrogen) atoms. The molecule has 0 bridgehead atoms. The predicted molar refractivity (Wildman–Crippen MR) is 86.2 cm³/mol. The molecule has 1 rings (SSSR count). The van der Waals surface area contributed by atoms with E-state index in [0.717, 1.165) is 31.3 Å². The van der Waals surface area contributed by atoms with E-state index in [-0.39, 0.29) is 16.4 Å². The van der Waals surface area contributed by atoms with Crippen LogP contribution in [0.1, 0.15) is 41.0 Å². The number of amides is 2. The Morgan fingerprint density at radius 1 is 1.15 bits per heavy atom. The fourth-order valence-corrected chi connectivity index (χ4v) is 3.11. The molecule has 0 aliphatic carbocycles. The minimum atomic E-state index is -0.680. The van der Waals surface area contributed by atoms with Gasteiger partial charge in [-0.3, -0.25) is 20.3 Å². The van der Waals surface area contributed by atoms with Gasteiger partial charge in [-0.1, -0.05) is 32.7 Å². The van der Waals surface area contributed by atoms with E-state index in [2.05, 4.69) is 9.62 Å². The van der Waals surface area contributed by atoms with Gasteiger partial charge >= 0.3 is 0 Å². The maximum absolute atomic E-state index is 12.1. The molecule has 0 spiro atoms. The Labute approximate surface area is 129 Å². The van der Waals surface area contributed by atoms with Crippen molar-refractivity contribution in [3.05, 3.63) is 0 Å². The summed E-state index contributed by atoms with van der Waals surface area (Å²) in [7, 11) is 0. The van der Waals surface area contributed by atoms with Crippen molar-refractivity contribution in [3.8, 4) is 0 Å². The second-order valence-electron chi connectivity index (χ2n) is 6.31. The van der Waals surface area contributed by atoms with Crippen molar-refractivity contribution in [3.63, 3.8) is 0 Å². The smallest absolute Gasteiger partial charge is 0.291 e. The first kappa shape index (κ1) is 17.5. The van der Waals surface area contributed by atoms with Crippen LogP contribution in [0.25, 0.3) is 0 Å². The number of hydrogen-bond donors (Lipinski definition) is 2. The summed E-state index contributed by atoms with van der Waals surface area (Å²) in [5.41, 5.74) is -0.382. The lowest BCUT2D eigenvalue weighted by atomic mass is 9.99. The van der Waals surface area contributed by atoms with Crippen molar-refractivity contribution in [2.24, 2.45) is 5.41 Å². The van der Waals surface area contributed by atoms with Gasteiger partial charge in [-0.05, 0) is 32.0 Å². The average molecular weight is 317 g/mol. The SMILES string of the molecule is CC(C)(C)C(=N)SC(=O)NC(=O)C(C)(C)SN1CCC1. The molecule has 114 valence electrons. The van der Waals surface area contributed by atoms with Gasteiger partial charge in [-0.15, -0.1) is 0 Å². The largest absolute Gasteiger partial charge is 0.297 e. The zero-order chi connectivity index (χ0) is 15.6. The van der Waals surface area contributed by atoms with E-state index >= 15 is 0 Å². The van der Waals surface area contributed by atoms with Crippen LogP contribution in [-0.4, -0.2) is 38.3 Å². The maximum Gasteiger partial charge on any atom is 0.291 e. The fourth-order valence-electron chi connectivity index (χ4n) is 1.26. The van der Waals surface area contributed by atoms with Crippen LogP contribution >= 0.6 is 23.7 Å². The third-order valence-electron chi connectivity index (χ3n) is 2.81. The number of carbonyl (C=O) groups is 2. The molecule has 1 fully saturated rings. The molecular weight excluding hydrogens is 294 g/mol. The summed E-state index contributed by atoms with van der Waals surface area (Å²) >= 11 is 2.25. The number of rotatable bonds is 3. The van der Waals surface area contributed by atoms with E-state index in [4.69, 9.17) is 5.41 Å². The molecule has 0 saturated carbocycles. The Balaban J connectivity index is 2.47. The molecule has 0 aromatic rings. The van der Waals surface area contributed by atoms with E-state index < -0.39 is 9.99 Å². The van der Waals surface area contributed by atoms with E-state index in [1.54, 1.807) is 13.8 Å². The van der Waals surface area contributed by atoms with Gasteiger partial charge in [0.05, 0.1) is 5.04 Å². The topological polar surface area (TPSA) is 73.3 Å². The second kappa shape index (κ2) is 6.49.